The van der Waals surface area contributed by atoms with Gasteiger partial charge in [-0.1, -0.05) is 19.8 Å². The van der Waals surface area contributed by atoms with E-state index in [0.717, 1.165) is 38.6 Å². The summed E-state index contributed by atoms with van der Waals surface area (Å²) in [7, 11) is -1.80. The Kier molecular flexibility index (Phi) is 6.26. The molecule has 112 valence electrons. The molecule has 0 aromatic heterocycles. The Hall–Kier alpha value is -0.620. The highest BCUT2D eigenvalue weighted by atomic mass is 32.2. The second-order valence-corrected chi connectivity index (χ2v) is 7.52. The molecule has 0 radical (unpaired) electrons. The number of likely N-dealkylation sites (tertiary alicyclic amines) is 1. The average molecular weight is 290 g/mol. The molecule has 1 rings (SSSR count). The van der Waals surface area contributed by atoms with E-state index >= 15 is 0 Å². The smallest absolute Gasteiger partial charge is 0.238 e. The Bertz CT molecular complexity index is 395. The summed E-state index contributed by atoms with van der Waals surface area (Å²) in [6.07, 6.45) is 5.31. The standard InChI is InChI=1S/C13H26N2O3S/c1-4-12-9-7-6-8-10-15(12)13(16)11-14(3)19(17,18)5-2/h12H,4-11H2,1-3H3/t12-/m1/s1. The maximum Gasteiger partial charge on any atom is 0.238 e. The van der Waals surface area contributed by atoms with Gasteiger partial charge in [-0.2, -0.15) is 4.31 Å². The topological polar surface area (TPSA) is 57.7 Å². The first-order chi connectivity index (χ1) is 8.92. The van der Waals surface area contributed by atoms with E-state index in [1.165, 1.54) is 11.4 Å². The molecule has 0 aromatic carbocycles. The van der Waals surface area contributed by atoms with E-state index in [9.17, 15) is 13.2 Å². The average Bonchev–Trinajstić information content (AvgIpc) is 2.63. The van der Waals surface area contributed by atoms with Crippen LogP contribution >= 0.6 is 0 Å². The van der Waals surface area contributed by atoms with Crippen molar-refractivity contribution in [2.24, 2.45) is 0 Å². The van der Waals surface area contributed by atoms with Crippen LogP contribution in [0.5, 0.6) is 0 Å². The fourth-order valence-electron chi connectivity index (χ4n) is 2.53. The molecule has 1 saturated heterocycles. The molecule has 0 spiro atoms. The summed E-state index contributed by atoms with van der Waals surface area (Å²) in [6, 6.07) is 0.271. The first-order valence-corrected chi connectivity index (χ1v) is 8.76. The highest BCUT2D eigenvalue weighted by Crippen LogP contribution is 2.19. The predicted octanol–water partition coefficient (Wildman–Crippen LogP) is 1.45. The number of amides is 1. The van der Waals surface area contributed by atoms with Crippen molar-refractivity contribution in [2.75, 3.05) is 25.9 Å². The van der Waals surface area contributed by atoms with E-state index in [0.29, 0.717) is 0 Å². The van der Waals surface area contributed by atoms with Crippen LogP contribution in [0.1, 0.15) is 46.0 Å². The molecular weight excluding hydrogens is 264 g/mol. The molecule has 5 nitrogen and oxygen atoms in total. The van der Waals surface area contributed by atoms with Gasteiger partial charge in [-0.05, 0) is 26.2 Å². The number of nitrogens with zero attached hydrogens (tertiary/aromatic N) is 2. The van der Waals surface area contributed by atoms with E-state index in [1.54, 1.807) is 6.92 Å². The third-order valence-electron chi connectivity index (χ3n) is 3.87. The Morgan fingerprint density at radius 1 is 1.26 bits per heavy atom. The predicted molar refractivity (Wildman–Crippen MR) is 76.4 cm³/mol. The first kappa shape index (κ1) is 16.4. The minimum atomic E-state index is -3.28. The van der Waals surface area contributed by atoms with E-state index in [4.69, 9.17) is 0 Å². The van der Waals surface area contributed by atoms with Crippen molar-refractivity contribution < 1.29 is 13.2 Å². The lowest BCUT2D eigenvalue weighted by molar-refractivity contribution is -0.133. The number of sulfonamides is 1. The molecule has 0 N–H and O–H groups in total. The third-order valence-corrected chi connectivity index (χ3v) is 5.67. The summed E-state index contributed by atoms with van der Waals surface area (Å²) in [5.74, 6) is -0.0261. The van der Waals surface area contributed by atoms with Crippen molar-refractivity contribution in [1.29, 1.82) is 0 Å². The maximum absolute atomic E-state index is 12.3. The van der Waals surface area contributed by atoms with E-state index in [2.05, 4.69) is 6.92 Å². The van der Waals surface area contributed by atoms with Gasteiger partial charge >= 0.3 is 0 Å². The van der Waals surface area contributed by atoms with Gasteiger partial charge in [-0.15, -0.1) is 0 Å². The minimum absolute atomic E-state index is 0.0350. The number of likely N-dealkylation sites (N-methyl/N-ethyl adjacent to an activating group) is 1. The van der Waals surface area contributed by atoms with Crippen molar-refractivity contribution in [3.8, 4) is 0 Å². The lowest BCUT2D eigenvalue weighted by Gasteiger charge is -2.30. The van der Waals surface area contributed by atoms with Crippen LogP contribution in [0.2, 0.25) is 0 Å². The number of hydrogen-bond donors (Lipinski definition) is 0. The molecule has 0 unspecified atom stereocenters. The van der Waals surface area contributed by atoms with Gasteiger partial charge in [0.2, 0.25) is 15.9 Å². The highest BCUT2D eigenvalue weighted by molar-refractivity contribution is 7.89. The van der Waals surface area contributed by atoms with E-state index < -0.39 is 10.0 Å². The van der Waals surface area contributed by atoms with Gasteiger partial charge in [0.1, 0.15) is 0 Å². The monoisotopic (exact) mass is 290 g/mol. The molecular formula is C13H26N2O3S. The zero-order chi connectivity index (χ0) is 14.5. The van der Waals surface area contributed by atoms with Crippen LogP contribution in [0.4, 0.5) is 0 Å². The molecule has 1 fully saturated rings. The summed E-state index contributed by atoms with van der Waals surface area (Å²) in [4.78, 5) is 14.2. The summed E-state index contributed by atoms with van der Waals surface area (Å²) in [5.41, 5.74) is 0. The Balaban J connectivity index is 2.69. The second-order valence-electron chi connectivity index (χ2n) is 5.16. The van der Waals surface area contributed by atoms with Crippen LogP contribution in [0, 0.1) is 0 Å². The number of hydrogen-bond acceptors (Lipinski definition) is 3. The number of rotatable bonds is 5. The van der Waals surface area contributed by atoms with Crippen LogP contribution in [-0.4, -0.2) is 55.5 Å². The van der Waals surface area contributed by atoms with E-state index in [-0.39, 0.29) is 24.2 Å². The zero-order valence-electron chi connectivity index (χ0n) is 12.3. The lowest BCUT2D eigenvalue weighted by atomic mass is 10.1. The molecule has 6 heteroatoms. The molecule has 0 aromatic rings. The van der Waals surface area contributed by atoms with Crippen LogP contribution in [-0.2, 0) is 14.8 Å². The van der Waals surface area contributed by atoms with Crippen LogP contribution in [0.25, 0.3) is 0 Å². The SMILES string of the molecule is CC[C@@H]1CCCCCN1C(=O)CN(C)S(=O)(=O)CC. The van der Waals surface area contributed by atoms with Crippen LogP contribution < -0.4 is 0 Å². The summed E-state index contributed by atoms with van der Waals surface area (Å²) < 4.78 is 24.6. The highest BCUT2D eigenvalue weighted by Gasteiger charge is 2.27. The molecule has 1 aliphatic heterocycles. The number of carbonyl (C=O) groups is 1. The van der Waals surface area contributed by atoms with Crippen molar-refractivity contribution in [3.05, 3.63) is 0 Å². The molecule has 1 heterocycles. The third kappa shape index (κ3) is 4.45. The molecule has 1 amide bonds. The minimum Gasteiger partial charge on any atom is -0.339 e. The Morgan fingerprint density at radius 3 is 2.53 bits per heavy atom. The first-order valence-electron chi connectivity index (χ1n) is 7.15. The van der Waals surface area contributed by atoms with Crippen molar-refractivity contribution in [2.45, 2.75) is 52.0 Å². The van der Waals surface area contributed by atoms with Crippen molar-refractivity contribution in [3.63, 3.8) is 0 Å². The van der Waals surface area contributed by atoms with E-state index in [1.807, 2.05) is 4.90 Å². The van der Waals surface area contributed by atoms with Gasteiger partial charge in [0, 0.05) is 19.6 Å². The Morgan fingerprint density at radius 2 is 1.95 bits per heavy atom. The van der Waals surface area contributed by atoms with Crippen LogP contribution in [0.15, 0.2) is 0 Å². The summed E-state index contributed by atoms with van der Waals surface area (Å²) in [5, 5.41) is 0. The molecule has 1 aliphatic rings. The normalized spacial score (nSPS) is 21.5. The van der Waals surface area contributed by atoms with Crippen LogP contribution in [0.3, 0.4) is 0 Å². The largest absolute Gasteiger partial charge is 0.339 e. The van der Waals surface area contributed by atoms with Crippen molar-refractivity contribution >= 4 is 15.9 Å². The fourth-order valence-corrected chi connectivity index (χ4v) is 3.28. The maximum atomic E-state index is 12.3. The second kappa shape index (κ2) is 7.24. The van der Waals surface area contributed by atoms with Gasteiger partial charge in [-0.3, -0.25) is 4.79 Å². The molecule has 1 atom stereocenters. The quantitative estimate of drug-likeness (QED) is 0.770. The van der Waals surface area contributed by atoms with Gasteiger partial charge in [0.25, 0.3) is 0 Å². The van der Waals surface area contributed by atoms with Gasteiger partial charge < -0.3 is 4.90 Å². The zero-order valence-corrected chi connectivity index (χ0v) is 13.1. The number of carbonyl (C=O) groups excluding carboxylic acids is 1. The Labute approximate surface area is 117 Å². The summed E-state index contributed by atoms with van der Waals surface area (Å²) >= 11 is 0. The summed E-state index contributed by atoms with van der Waals surface area (Å²) in [6.45, 7) is 4.41. The molecule has 19 heavy (non-hydrogen) atoms. The van der Waals surface area contributed by atoms with Gasteiger partial charge in [-0.25, -0.2) is 8.42 Å². The fraction of sp³-hybridized carbons (Fsp3) is 0.923. The lowest BCUT2D eigenvalue weighted by Crippen LogP contribution is -2.46. The molecule has 0 bridgehead atoms. The van der Waals surface area contributed by atoms with Gasteiger partial charge in [0.05, 0.1) is 12.3 Å². The molecule has 0 aliphatic carbocycles. The van der Waals surface area contributed by atoms with Gasteiger partial charge in [0.15, 0.2) is 0 Å². The molecule has 0 saturated carbocycles. The van der Waals surface area contributed by atoms with Crippen molar-refractivity contribution in [1.82, 2.24) is 9.21 Å².